The van der Waals surface area contributed by atoms with Crippen molar-refractivity contribution in [1.29, 1.82) is 0 Å². The van der Waals surface area contributed by atoms with Crippen molar-refractivity contribution in [1.82, 2.24) is 14.9 Å². The molecule has 3 rings (SSSR count). The number of carboxylic acids is 1. The molecule has 22 heavy (non-hydrogen) atoms. The predicted molar refractivity (Wildman–Crippen MR) is 78.9 cm³/mol. The largest absolute Gasteiger partial charge is 0.480 e. The summed E-state index contributed by atoms with van der Waals surface area (Å²) in [4.78, 5) is 20.8. The molecule has 0 bridgehead atoms. The first-order valence-corrected chi connectivity index (χ1v) is 7.36. The van der Waals surface area contributed by atoms with Crippen LogP contribution in [0.2, 0.25) is 0 Å². The maximum atomic E-state index is 13.0. The molecule has 5 nitrogen and oxygen atoms in total. The van der Waals surface area contributed by atoms with Gasteiger partial charge in [-0.3, -0.25) is 9.69 Å². The van der Waals surface area contributed by atoms with Gasteiger partial charge in [-0.15, -0.1) is 0 Å². The summed E-state index contributed by atoms with van der Waals surface area (Å²) in [5, 5.41) is 9.55. The fraction of sp³-hybridized carbons (Fsp3) is 0.375. The van der Waals surface area contributed by atoms with Gasteiger partial charge >= 0.3 is 5.97 Å². The summed E-state index contributed by atoms with van der Waals surface area (Å²) in [6.45, 7) is 1.38. The van der Waals surface area contributed by atoms with E-state index in [2.05, 4.69) is 9.97 Å². The number of piperidine rings is 1. The Bertz CT molecular complexity index is 619. The smallest absolute Gasteiger partial charge is 0.325 e. The molecule has 0 aliphatic carbocycles. The van der Waals surface area contributed by atoms with Crippen molar-refractivity contribution in [3.05, 3.63) is 53.9 Å². The quantitative estimate of drug-likeness (QED) is 0.911. The van der Waals surface area contributed by atoms with Crippen molar-refractivity contribution >= 4 is 5.97 Å². The first-order valence-electron chi connectivity index (χ1n) is 7.36. The Labute approximate surface area is 127 Å². The molecule has 116 valence electrons. The lowest BCUT2D eigenvalue weighted by molar-refractivity contribution is -0.144. The van der Waals surface area contributed by atoms with Crippen LogP contribution in [-0.2, 0) is 4.79 Å². The number of carboxylic acid groups (broad SMARTS) is 1. The molecule has 2 N–H and O–H groups in total. The second kappa shape index (κ2) is 6.27. The summed E-state index contributed by atoms with van der Waals surface area (Å²) >= 11 is 0. The standard InChI is InChI=1S/C16H18FN3O2/c17-13-3-1-12(2-4-13)15(16(21)22)20-7-5-11(6-8-20)14-9-18-10-19-14/h1-4,9-11,15H,5-8H2,(H,18,19)(H,21,22). The van der Waals surface area contributed by atoms with Crippen molar-refractivity contribution in [3.63, 3.8) is 0 Å². The molecule has 0 spiro atoms. The first kappa shape index (κ1) is 14.7. The van der Waals surface area contributed by atoms with Gasteiger partial charge in [-0.05, 0) is 43.6 Å². The Kier molecular flexibility index (Phi) is 4.20. The van der Waals surface area contributed by atoms with E-state index < -0.39 is 12.0 Å². The van der Waals surface area contributed by atoms with E-state index in [9.17, 15) is 14.3 Å². The number of hydrogen-bond acceptors (Lipinski definition) is 3. The van der Waals surface area contributed by atoms with Gasteiger partial charge in [0.15, 0.2) is 0 Å². The van der Waals surface area contributed by atoms with E-state index in [4.69, 9.17) is 0 Å². The summed E-state index contributed by atoms with van der Waals surface area (Å²) in [5.74, 6) is -0.862. The average molecular weight is 303 g/mol. The number of hydrogen-bond donors (Lipinski definition) is 2. The van der Waals surface area contributed by atoms with E-state index in [1.165, 1.54) is 12.1 Å². The molecule has 1 aromatic carbocycles. The normalized spacial score (nSPS) is 18.2. The van der Waals surface area contributed by atoms with Gasteiger partial charge in [-0.1, -0.05) is 12.1 Å². The number of rotatable bonds is 4. The molecule has 1 unspecified atom stereocenters. The maximum absolute atomic E-state index is 13.0. The molecule has 2 heterocycles. The zero-order chi connectivity index (χ0) is 15.5. The molecular weight excluding hydrogens is 285 g/mol. The minimum atomic E-state index is -0.897. The Morgan fingerprint density at radius 2 is 2.00 bits per heavy atom. The fourth-order valence-corrected chi connectivity index (χ4v) is 3.11. The molecule has 1 aliphatic heterocycles. The van der Waals surface area contributed by atoms with Crippen molar-refractivity contribution in [2.75, 3.05) is 13.1 Å². The van der Waals surface area contributed by atoms with Gasteiger partial charge < -0.3 is 10.1 Å². The van der Waals surface area contributed by atoms with Gasteiger partial charge in [-0.25, -0.2) is 9.37 Å². The summed E-state index contributed by atoms with van der Waals surface area (Å²) in [5.41, 5.74) is 1.72. The average Bonchev–Trinajstić information content (AvgIpc) is 3.04. The highest BCUT2D eigenvalue weighted by molar-refractivity contribution is 5.75. The lowest BCUT2D eigenvalue weighted by atomic mass is 9.92. The summed E-state index contributed by atoms with van der Waals surface area (Å²) in [6, 6.07) is 5.00. The number of aromatic amines is 1. The van der Waals surface area contributed by atoms with Crippen molar-refractivity contribution in [2.24, 2.45) is 0 Å². The summed E-state index contributed by atoms with van der Waals surface area (Å²) < 4.78 is 13.0. The number of benzene rings is 1. The third-order valence-electron chi connectivity index (χ3n) is 4.27. The highest BCUT2D eigenvalue weighted by Gasteiger charge is 2.31. The Hall–Kier alpha value is -2.21. The van der Waals surface area contributed by atoms with Gasteiger partial charge in [0.1, 0.15) is 11.9 Å². The van der Waals surface area contributed by atoms with Crippen LogP contribution in [0.15, 0.2) is 36.8 Å². The van der Waals surface area contributed by atoms with Gasteiger partial charge in [0, 0.05) is 17.8 Å². The molecular formula is C16H18FN3O2. The minimum Gasteiger partial charge on any atom is -0.480 e. The minimum absolute atomic E-state index is 0.356. The second-order valence-electron chi connectivity index (χ2n) is 5.61. The molecule has 0 saturated carbocycles. The second-order valence-corrected chi connectivity index (χ2v) is 5.61. The van der Waals surface area contributed by atoms with Crippen LogP contribution in [0.4, 0.5) is 4.39 Å². The van der Waals surface area contributed by atoms with Crippen LogP contribution in [0.25, 0.3) is 0 Å². The van der Waals surface area contributed by atoms with Crippen LogP contribution in [0.1, 0.15) is 36.1 Å². The number of nitrogens with zero attached hydrogens (tertiary/aromatic N) is 2. The van der Waals surface area contributed by atoms with Crippen LogP contribution in [-0.4, -0.2) is 39.0 Å². The van der Waals surface area contributed by atoms with E-state index in [0.29, 0.717) is 24.6 Å². The van der Waals surface area contributed by atoms with Gasteiger partial charge in [0.2, 0.25) is 0 Å². The number of aliphatic carboxylic acids is 1. The van der Waals surface area contributed by atoms with Crippen LogP contribution >= 0.6 is 0 Å². The van der Waals surface area contributed by atoms with Gasteiger partial charge in [0.25, 0.3) is 0 Å². The molecule has 1 atom stereocenters. The van der Waals surface area contributed by atoms with Crippen LogP contribution in [0.5, 0.6) is 0 Å². The van der Waals surface area contributed by atoms with E-state index in [0.717, 1.165) is 18.5 Å². The van der Waals surface area contributed by atoms with Crippen LogP contribution in [0, 0.1) is 5.82 Å². The molecule has 0 radical (unpaired) electrons. The van der Waals surface area contributed by atoms with Crippen LogP contribution in [0.3, 0.4) is 0 Å². The topological polar surface area (TPSA) is 69.2 Å². The zero-order valence-electron chi connectivity index (χ0n) is 12.1. The lowest BCUT2D eigenvalue weighted by Crippen LogP contribution is -2.39. The van der Waals surface area contributed by atoms with Crippen molar-refractivity contribution in [3.8, 4) is 0 Å². The van der Waals surface area contributed by atoms with Crippen molar-refractivity contribution < 1.29 is 14.3 Å². The fourth-order valence-electron chi connectivity index (χ4n) is 3.11. The monoisotopic (exact) mass is 303 g/mol. The number of nitrogens with one attached hydrogen (secondary N) is 1. The number of aromatic nitrogens is 2. The maximum Gasteiger partial charge on any atom is 0.325 e. The molecule has 1 aliphatic rings. The van der Waals surface area contributed by atoms with E-state index in [-0.39, 0.29) is 5.82 Å². The number of imidazole rings is 1. The Morgan fingerprint density at radius 1 is 1.32 bits per heavy atom. The van der Waals surface area contributed by atoms with E-state index in [1.807, 2.05) is 11.1 Å². The number of H-pyrrole nitrogens is 1. The molecule has 1 saturated heterocycles. The summed E-state index contributed by atoms with van der Waals surface area (Å²) in [7, 11) is 0. The van der Waals surface area contributed by atoms with Crippen LogP contribution < -0.4 is 0 Å². The van der Waals surface area contributed by atoms with E-state index in [1.54, 1.807) is 18.5 Å². The molecule has 0 amide bonds. The van der Waals surface area contributed by atoms with E-state index >= 15 is 0 Å². The highest BCUT2D eigenvalue weighted by atomic mass is 19.1. The number of carbonyl (C=O) groups is 1. The highest BCUT2D eigenvalue weighted by Crippen LogP contribution is 2.31. The molecule has 2 aromatic rings. The third kappa shape index (κ3) is 3.01. The third-order valence-corrected chi connectivity index (χ3v) is 4.27. The SMILES string of the molecule is O=C(O)C(c1ccc(F)cc1)N1CCC(c2cnc[nH]2)CC1. The Balaban J connectivity index is 1.71. The zero-order valence-corrected chi connectivity index (χ0v) is 12.1. The molecule has 1 aromatic heterocycles. The van der Waals surface area contributed by atoms with Gasteiger partial charge in [0.05, 0.1) is 6.33 Å². The number of likely N-dealkylation sites (tertiary alicyclic amines) is 1. The lowest BCUT2D eigenvalue weighted by Gasteiger charge is -2.35. The van der Waals surface area contributed by atoms with Crippen molar-refractivity contribution in [2.45, 2.75) is 24.8 Å². The summed E-state index contributed by atoms with van der Waals surface area (Å²) in [6.07, 6.45) is 5.26. The number of halogens is 1. The Morgan fingerprint density at radius 3 is 2.55 bits per heavy atom. The molecule has 6 heteroatoms. The molecule has 1 fully saturated rings. The first-order chi connectivity index (χ1) is 10.6. The van der Waals surface area contributed by atoms with Gasteiger partial charge in [-0.2, -0.15) is 0 Å². The predicted octanol–water partition coefficient (Wildman–Crippen LogP) is 2.55.